The van der Waals surface area contributed by atoms with Gasteiger partial charge in [-0.15, -0.1) is 0 Å². The van der Waals surface area contributed by atoms with Crippen LogP contribution in [0, 0.1) is 0 Å². The van der Waals surface area contributed by atoms with E-state index in [0.717, 1.165) is 56.3 Å². The highest BCUT2D eigenvalue weighted by Crippen LogP contribution is 2.21. The highest BCUT2D eigenvalue weighted by Gasteiger charge is 2.36. The van der Waals surface area contributed by atoms with Gasteiger partial charge in [0, 0.05) is 63.3 Å². The van der Waals surface area contributed by atoms with Crippen molar-refractivity contribution in [2.24, 2.45) is 0 Å². The number of amides is 1. The van der Waals surface area contributed by atoms with E-state index >= 15 is 0 Å². The largest absolute Gasteiger partial charge is 0.338 e. The van der Waals surface area contributed by atoms with E-state index in [2.05, 4.69) is 35.2 Å². The average Bonchev–Trinajstić information content (AvgIpc) is 3.16. The Labute approximate surface area is 156 Å². The van der Waals surface area contributed by atoms with Crippen molar-refractivity contribution in [2.45, 2.75) is 6.04 Å². The van der Waals surface area contributed by atoms with Crippen LogP contribution < -0.4 is 4.90 Å². The number of H-pyrrole nitrogens is 1. The van der Waals surface area contributed by atoms with Gasteiger partial charge in [-0.05, 0) is 24.3 Å². The molecule has 0 bridgehead atoms. The van der Waals surface area contributed by atoms with E-state index in [1.165, 1.54) is 0 Å². The van der Waals surface area contributed by atoms with Gasteiger partial charge >= 0.3 is 0 Å². The zero-order valence-electron chi connectivity index (χ0n) is 14.8. The Bertz CT molecular complexity index is 944. The number of hydrogen-bond donors (Lipinski definition) is 1. The van der Waals surface area contributed by atoms with Crippen molar-refractivity contribution in [1.29, 1.82) is 0 Å². The van der Waals surface area contributed by atoms with Crippen LogP contribution in [0.4, 0.5) is 5.95 Å². The number of nitrogens with zero attached hydrogens (tertiary/aromatic N) is 7. The van der Waals surface area contributed by atoms with Crippen molar-refractivity contribution < 1.29 is 4.79 Å². The van der Waals surface area contributed by atoms with Crippen molar-refractivity contribution in [1.82, 2.24) is 35.2 Å². The van der Waals surface area contributed by atoms with E-state index in [-0.39, 0.29) is 5.91 Å². The number of aromatic nitrogens is 5. The van der Waals surface area contributed by atoms with Crippen LogP contribution in [-0.4, -0.2) is 86.4 Å². The van der Waals surface area contributed by atoms with Gasteiger partial charge in [-0.3, -0.25) is 9.69 Å². The minimum absolute atomic E-state index is 0.0625. The molecular formula is C18H20N8O. The molecule has 9 nitrogen and oxygen atoms in total. The van der Waals surface area contributed by atoms with E-state index in [4.69, 9.17) is 0 Å². The third-order valence-corrected chi connectivity index (χ3v) is 5.38. The molecule has 2 aromatic heterocycles. The maximum Gasteiger partial charge on any atom is 0.254 e. The van der Waals surface area contributed by atoms with E-state index < -0.39 is 0 Å². The van der Waals surface area contributed by atoms with Crippen LogP contribution in [0.5, 0.6) is 0 Å². The predicted octanol–water partition coefficient (Wildman–Crippen LogP) is 0.394. The Morgan fingerprint density at radius 2 is 1.74 bits per heavy atom. The van der Waals surface area contributed by atoms with E-state index in [9.17, 15) is 4.79 Å². The molecule has 1 amide bonds. The van der Waals surface area contributed by atoms with Gasteiger partial charge in [0.05, 0.1) is 0 Å². The number of likely N-dealkylation sites (tertiary alicyclic amines) is 1. The molecule has 1 N–H and O–H groups in total. The molecule has 0 unspecified atom stereocenters. The van der Waals surface area contributed by atoms with Crippen LogP contribution in [-0.2, 0) is 0 Å². The fraction of sp³-hybridized carbons (Fsp3) is 0.389. The van der Waals surface area contributed by atoms with Gasteiger partial charge in [-0.2, -0.15) is 15.4 Å². The monoisotopic (exact) mass is 364 g/mol. The molecule has 1 aromatic carbocycles. The first-order chi connectivity index (χ1) is 13.3. The first-order valence-electron chi connectivity index (χ1n) is 9.14. The minimum atomic E-state index is 0.0625. The fourth-order valence-electron chi connectivity index (χ4n) is 3.75. The first kappa shape index (κ1) is 16.1. The lowest BCUT2D eigenvalue weighted by atomic mass is 10.0. The zero-order chi connectivity index (χ0) is 18.2. The summed E-state index contributed by atoms with van der Waals surface area (Å²) in [4.78, 5) is 27.9. The minimum Gasteiger partial charge on any atom is -0.338 e. The molecule has 9 heteroatoms. The number of aromatic amines is 1. The summed E-state index contributed by atoms with van der Waals surface area (Å²) in [6.07, 6.45) is 3.56. The molecular weight excluding hydrogens is 344 g/mol. The van der Waals surface area contributed by atoms with Gasteiger partial charge in [0.1, 0.15) is 11.0 Å². The molecule has 2 saturated heterocycles. The van der Waals surface area contributed by atoms with Gasteiger partial charge in [0.25, 0.3) is 5.91 Å². The van der Waals surface area contributed by atoms with Crippen LogP contribution in [0.3, 0.4) is 0 Å². The second-order valence-corrected chi connectivity index (χ2v) is 6.96. The number of fused-ring (bicyclic) bond motifs is 1. The summed E-state index contributed by atoms with van der Waals surface area (Å²) in [5.74, 6) is 0.860. The molecule has 0 aliphatic carbocycles. The van der Waals surface area contributed by atoms with Crippen LogP contribution >= 0.6 is 0 Å². The van der Waals surface area contributed by atoms with Gasteiger partial charge < -0.3 is 9.80 Å². The maximum atomic E-state index is 12.7. The van der Waals surface area contributed by atoms with E-state index in [0.29, 0.717) is 11.6 Å². The Morgan fingerprint density at radius 1 is 1.00 bits per heavy atom. The lowest BCUT2D eigenvalue weighted by Crippen LogP contribution is -2.64. The number of benzene rings is 1. The molecule has 2 fully saturated rings. The fourth-order valence-corrected chi connectivity index (χ4v) is 3.75. The Balaban J connectivity index is 1.16. The molecule has 0 radical (unpaired) electrons. The van der Waals surface area contributed by atoms with Crippen molar-refractivity contribution in [2.75, 3.05) is 44.2 Å². The molecule has 4 heterocycles. The number of hydrogen-bond acceptors (Lipinski definition) is 7. The molecule has 27 heavy (non-hydrogen) atoms. The second-order valence-electron chi connectivity index (χ2n) is 6.96. The number of piperazine rings is 1. The van der Waals surface area contributed by atoms with Gasteiger partial charge in [-0.25, -0.2) is 9.97 Å². The zero-order valence-corrected chi connectivity index (χ0v) is 14.8. The van der Waals surface area contributed by atoms with Crippen molar-refractivity contribution >= 4 is 22.9 Å². The van der Waals surface area contributed by atoms with Crippen LogP contribution in [0.1, 0.15) is 10.4 Å². The molecule has 2 aliphatic rings. The maximum absolute atomic E-state index is 12.7. The molecule has 5 rings (SSSR count). The molecule has 0 atom stereocenters. The summed E-state index contributed by atoms with van der Waals surface area (Å²) in [7, 11) is 0. The number of carbonyl (C=O) groups excluding carboxylic acids is 1. The Hall–Kier alpha value is -3.07. The van der Waals surface area contributed by atoms with Crippen molar-refractivity contribution in [3.05, 3.63) is 42.2 Å². The van der Waals surface area contributed by atoms with Crippen LogP contribution in [0.25, 0.3) is 11.0 Å². The standard InChI is InChI=1S/C18H20N8O/c27-17(13-2-3-15-16(10-13)22-23-21-15)26-11-14(12-26)24-6-8-25(9-7-24)18-19-4-1-5-20-18/h1-5,10,14H,6-9,11-12H2,(H,21,22,23). The lowest BCUT2D eigenvalue weighted by molar-refractivity contribution is 0.0246. The number of anilines is 1. The van der Waals surface area contributed by atoms with Gasteiger partial charge in [0.15, 0.2) is 0 Å². The molecule has 0 spiro atoms. The Morgan fingerprint density at radius 3 is 2.52 bits per heavy atom. The smallest absolute Gasteiger partial charge is 0.254 e. The number of carbonyl (C=O) groups is 1. The summed E-state index contributed by atoms with van der Waals surface area (Å²) in [6, 6.07) is 7.71. The summed E-state index contributed by atoms with van der Waals surface area (Å²) in [5, 5.41) is 10.7. The van der Waals surface area contributed by atoms with Gasteiger partial charge in [-0.1, -0.05) is 0 Å². The van der Waals surface area contributed by atoms with Crippen LogP contribution in [0.15, 0.2) is 36.7 Å². The quantitative estimate of drug-likeness (QED) is 0.719. The topological polar surface area (TPSA) is 94.1 Å². The second kappa shape index (κ2) is 6.58. The third-order valence-electron chi connectivity index (χ3n) is 5.38. The normalized spacial score (nSPS) is 18.7. The summed E-state index contributed by atoms with van der Waals surface area (Å²) >= 11 is 0. The van der Waals surface area contributed by atoms with E-state index in [1.54, 1.807) is 18.5 Å². The molecule has 0 saturated carbocycles. The summed E-state index contributed by atoms with van der Waals surface area (Å²) < 4.78 is 0. The number of nitrogens with one attached hydrogen (secondary N) is 1. The van der Waals surface area contributed by atoms with Crippen LogP contribution in [0.2, 0.25) is 0 Å². The van der Waals surface area contributed by atoms with Gasteiger partial charge in [0.2, 0.25) is 5.95 Å². The molecule has 2 aliphatic heterocycles. The SMILES string of the molecule is O=C(c1ccc2n[nH]nc2c1)N1CC(N2CCN(c3ncccn3)CC2)C1. The van der Waals surface area contributed by atoms with Crippen molar-refractivity contribution in [3.63, 3.8) is 0 Å². The highest BCUT2D eigenvalue weighted by atomic mass is 16.2. The molecule has 3 aromatic rings. The highest BCUT2D eigenvalue weighted by molar-refractivity contribution is 5.97. The Kier molecular flexibility index (Phi) is 3.93. The lowest BCUT2D eigenvalue weighted by Gasteiger charge is -2.48. The van der Waals surface area contributed by atoms with E-state index in [1.807, 2.05) is 23.1 Å². The van der Waals surface area contributed by atoms with Crippen molar-refractivity contribution in [3.8, 4) is 0 Å². The predicted molar refractivity (Wildman–Crippen MR) is 99.4 cm³/mol. The first-order valence-corrected chi connectivity index (χ1v) is 9.14. The summed E-state index contributed by atoms with van der Waals surface area (Å²) in [5.41, 5.74) is 2.16. The molecule has 138 valence electrons. The summed E-state index contributed by atoms with van der Waals surface area (Å²) in [6.45, 7) is 5.31. The average molecular weight is 364 g/mol. The third kappa shape index (κ3) is 2.99. The number of rotatable bonds is 3.